The molecule has 5 heteroatoms. The first-order valence-corrected chi connectivity index (χ1v) is 9.41. The first-order chi connectivity index (χ1) is 10.8. The third-order valence-corrected chi connectivity index (χ3v) is 5.28. The summed E-state index contributed by atoms with van der Waals surface area (Å²) in [6.07, 6.45) is 1.11. The highest BCUT2D eigenvalue weighted by Gasteiger charge is 2.11. The van der Waals surface area contributed by atoms with Crippen molar-refractivity contribution in [2.24, 2.45) is 0 Å². The van der Waals surface area contributed by atoms with Crippen molar-refractivity contribution in [1.82, 2.24) is 10.6 Å². The van der Waals surface area contributed by atoms with Gasteiger partial charge in [0.15, 0.2) is 0 Å². The van der Waals surface area contributed by atoms with Gasteiger partial charge in [-0.1, -0.05) is 25.1 Å². The summed E-state index contributed by atoms with van der Waals surface area (Å²) in [6, 6.07) is 12.0. The van der Waals surface area contributed by atoms with Crippen LogP contribution in [0, 0.1) is 0 Å². The molecule has 0 fully saturated rings. The van der Waals surface area contributed by atoms with E-state index in [0.717, 1.165) is 35.7 Å². The van der Waals surface area contributed by atoms with Crippen molar-refractivity contribution in [2.75, 3.05) is 19.6 Å². The lowest BCUT2D eigenvalue weighted by Gasteiger charge is -2.10. The first-order valence-electron chi connectivity index (χ1n) is 7.54. The Hall–Kier alpha value is -1.30. The molecule has 0 unspecified atom stereocenters. The van der Waals surface area contributed by atoms with E-state index in [-0.39, 0.29) is 5.91 Å². The van der Waals surface area contributed by atoms with E-state index in [0.29, 0.717) is 6.54 Å². The van der Waals surface area contributed by atoms with Gasteiger partial charge in [-0.15, -0.1) is 23.1 Å². The minimum Gasteiger partial charge on any atom is -0.351 e. The summed E-state index contributed by atoms with van der Waals surface area (Å²) in [6.45, 7) is 4.59. The highest BCUT2D eigenvalue weighted by atomic mass is 32.2. The highest BCUT2D eigenvalue weighted by molar-refractivity contribution is 7.98. The lowest BCUT2D eigenvalue weighted by atomic mass is 10.2. The molecular weight excluding hydrogens is 312 g/mol. The largest absolute Gasteiger partial charge is 0.351 e. The SMILES string of the molecule is CCCNCCNC(=O)c1ccccc1SCc1cccs1. The van der Waals surface area contributed by atoms with E-state index in [4.69, 9.17) is 0 Å². The molecule has 2 rings (SSSR count). The van der Waals surface area contributed by atoms with Crippen LogP contribution in [0.2, 0.25) is 0 Å². The van der Waals surface area contributed by atoms with Crippen molar-refractivity contribution >= 4 is 29.0 Å². The number of hydrogen-bond acceptors (Lipinski definition) is 4. The predicted molar refractivity (Wildman–Crippen MR) is 95.8 cm³/mol. The fourth-order valence-electron chi connectivity index (χ4n) is 1.99. The van der Waals surface area contributed by atoms with Crippen LogP contribution in [-0.4, -0.2) is 25.5 Å². The molecule has 2 aromatic rings. The van der Waals surface area contributed by atoms with E-state index < -0.39 is 0 Å². The average molecular weight is 335 g/mol. The van der Waals surface area contributed by atoms with Gasteiger partial charge in [-0.2, -0.15) is 0 Å². The molecule has 118 valence electrons. The van der Waals surface area contributed by atoms with Gasteiger partial charge in [0.2, 0.25) is 0 Å². The van der Waals surface area contributed by atoms with Crippen LogP contribution in [0.5, 0.6) is 0 Å². The van der Waals surface area contributed by atoms with Crippen molar-refractivity contribution in [3.63, 3.8) is 0 Å². The van der Waals surface area contributed by atoms with Gasteiger partial charge in [0.25, 0.3) is 5.91 Å². The van der Waals surface area contributed by atoms with E-state index in [1.807, 2.05) is 24.3 Å². The molecule has 0 spiro atoms. The van der Waals surface area contributed by atoms with Gasteiger partial charge in [-0.25, -0.2) is 0 Å². The molecular formula is C17H22N2OS2. The van der Waals surface area contributed by atoms with Crippen LogP contribution in [0.15, 0.2) is 46.7 Å². The Bertz CT molecular complexity index is 570. The molecule has 2 N–H and O–H groups in total. The van der Waals surface area contributed by atoms with E-state index in [2.05, 4.69) is 35.1 Å². The molecule has 0 saturated heterocycles. The van der Waals surface area contributed by atoms with Gasteiger partial charge in [0, 0.05) is 28.6 Å². The van der Waals surface area contributed by atoms with E-state index in [1.165, 1.54) is 4.88 Å². The van der Waals surface area contributed by atoms with Crippen LogP contribution in [0.25, 0.3) is 0 Å². The lowest BCUT2D eigenvalue weighted by Crippen LogP contribution is -2.32. The second-order valence-electron chi connectivity index (χ2n) is 4.87. The molecule has 22 heavy (non-hydrogen) atoms. The molecule has 0 saturated carbocycles. The third kappa shape index (κ3) is 5.48. The Kier molecular flexibility index (Phi) is 7.49. The molecule has 0 aliphatic carbocycles. The zero-order valence-electron chi connectivity index (χ0n) is 12.8. The van der Waals surface area contributed by atoms with Crippen molar-refractivity contribution in [2.45, 2.75) is 24.0 Å². The fourth-order valence-corrected chi connectivity index (χ4v) is 3.81. The maximum Gasteiger partial charge on any atom is 0.252 e. The van der Waals surface area contributed by atoms with Crippen LogP contribution < -0.4 is 10.6 Å². The summed E-state index contributed by atoms with van der Waals surface area (Å²) in [4.78, 5) is 14.7. The van der Waals surface area contributed by atoms with E-state index in [1.54, 1.807) is 23.1 Å². The van der Waals surface area contributed by atoms with E-state index in [9.17, 15) is 4.79 Å². The number of carbonyl (C=O) groups excluding carboxylic acids is 1. The monoisotopic (exact) mass is 334 g/mol. The number of carbonyl (C=O) groups is 1. The molecule has 1 aromatic carbocycles. The minimum atomic E-state index is 0.00702. The maximum atomic E-state index is 12.3. The topological polar surface area (TPSA) is 41.1 Å². The summed E-state index contributed by atoms with van der Waals surface area (Å²) in [5.74, 6) is 0.910. The van der Waals surface area contributed by atoms with Gasteiger partial charge in [-0.3, -0.25) is 4.79 Å². The van der Waals surface area contributed by atoms with Gasteiger partial charge < -0.3 is 10.6 Å². The third-order valence-electron chi connectivity index (χ3n) is 3.10. The second-order valence-corrected chi connectivity index (χ2v) is 6.92. The number of amides is 1. The second kappa shape index (κ2) is 9.66. The predicted octanol–water partition coefficient (Wildman–Crippen LogP) is 3.77. The van der Waals surface area contributed by atoms with Gasteiger partial charge in [0.05, 0.1) is 5.56 Å². The van der Waals surface area contributed by atoms with Crippen LogP contribution in [0.3, 0.4) is 0 Å². The molecule has 0 aliphatic rings. The Morgan fingerprint density at radius 2 is 2.00 bits per heavy atom. The smallest absolute Gasteiger partial charge is 0.252 e. The molecule has 3 nitrogen and oxygen atoms in total. The van der Waals surface area contributed by atoms with Gasteiger partial charge in [-0.05, 0) is 36.5 Å². The van der Waals surface area contributed by atoms with Crippen LogP contribution in [0.4, 0.5) is 0 Å². The Balaban J connectivity index is 1.88. The van der Waals surface area contributed by atoms with Crippen molar-refractivity contribution in [1.29, 1.82) is 0 Å². The van der Waals surface area contributed by atoms with Crippen LogP contribution >= 0.6 is 23.1 Å². The average Bonchev–Trinajstić information content (AvgIpc) is 3.06. The number of rotatable bonds is 9. The Labute approximate surface area is 140 Å². The molecule has 0 bridgehead atoms. The number of benzene rings is 1. The van der Waals surface area contributed by atoms with Crippen LogP contribution in [0.1, 0.15) is 28.6 Å². The number of thiophene rings is 1. The standard InChI is InChI=1S/C17H22N2OS2/c1-2-9-18-10-11-19-17(20)15-7-3-4-8-16(15)22-13-14-6-5-12-21-14/h3-8,12,18H,2,9-11,13H2,1H3,(H,19,20). The molecule has 0 atom stereocenters. The summed E-state index contributed by atoms with van der Waals surface area (Å²) >= 11 is 3.46. The summed E-state index contributed by atoms with van der Waals surface area (Å²) < 4.78 is 0. The minimum absolute atomic E-state index is 0.00702. The summed E-state index contributed by atoms with van der Waals surface area (Å²) in [7, 11) is 0. The van der Waals surface area contributed by atoms with Crippen molar-refractivity contribution in [3.8, 4) is 0 Å². The zero-order chi connectivity index (χ0) is 15.6. The molecule has 0 aliphatic heterocycles. The fraction of sp³-hybridized carbons (Fsp3) is 0.353. The number of hydrogen-bond donors (Lipinski definition) is 2. The Morgan fingerprint density at radius 3 is 2.77 bits per heavy atom. The van der Waals surface area contributed by atoms with Crippen molar-refractivity contribution < 1.29 is 4.79 Å². The highest BCUT2D eigenvalue weighted by Crippen LogP contribution is 2.27. The molecule has 1 amide bonds. The summed E-state index contributed by atoms with van der Waals surface area (Å²) in [5.41, 5.74) is 0.763. The normalized spacial score (nSPS) is 10.6. The molecule has 0 radical (unpaired) electrons. The van der Waals surface area contributed by atoms with E-state index >= 15 is 0 Å². The van der Waals surface area contributed by atoms with Gasteiger partial charge >= 0.3 is 0 Å². The van der Waals surface area contributed by atoms with Gasteiger partial charge in [0.1, 0.15) is 0 Å². The number of nitrogens with one attached hydrogen (secondary N) is 2. The number of thioether (sulfide) groups is 1. The Morgan fingerprint density at radius 1 is 1.14 bits per heavy atom. The summed E-state index contributed by atoms with van der Waals surface area (Å²) in [5, 5.41) is 8.34. The van der Waals surface area contributed by atoms with Crippen LogP contribution in [-0.2, 0) is 5.75 Å². The lowest BCUT2D eigenvalue weighted by molar-refractivity contribution is 0.0951. The zero-order valence-corrected chi connectivity index (χ0v) is 14.4. The van der Waals surface area contributed by atoms with Crippen molar-refractivity contribution in [3.05, 3.63) is 52.2 Å². The molecule has 1 aromatic heterocycles. The first kappa shape index (κ1) is 17.1. The quantitative estimate of drug-likeness (QED) is 0.542. The molecule has 1 heterocycles. The maximum absolute atomic E-state index is 12.3.